The van der Waals surface area contributed by atoms with E-state index in [1.807, 2.05) is 79.3 Å². The van der Waals surface area contributed by atoms with Crippen molar-refractivity contribution in [2.75, 3.05) is 5.32 Å². The molecular formula is C21H21N2O+. The third-order valence-electron chi connectivity index (χ3n) is 4.04. The Labute approximate surface area is 142 Å². The fraction of sp³-hybridized carbons (Fsp3) is 0.143. The molecule has 3 rings (SSSR count). The van der Waals surface area contributed by atoms with Gasteiger partial charge in [0.15, 0.2) is 12.4 Å². The van der Waals surface area contributed by atoms with Crippen molar-refractivity contribution >= 4 is 11.6 Å². The summed E-state index contributed by atoms with van der Waals surface area (Å²) in [6, 6.07) is 21.7. The van der Waals surface area contributed by atoms with Gasteiger partial charge < -0.3 is 5.32 Å². The van der Waals surface area contributed by atoms with E-state index in [-0.39, 0.29) is 11.9 Å². The summed E-state index contributed by atoms with van der Waals surface area (Å²) in [5, 5.41) is 2.98. The van der Waals surface area contributed by atoms with Gasteiger partial charge >= 0.3 is 0 Å². The summed E-state index contributed by atoms with van der Waals surface area (Å²) in [5.74, 6) is -0.0317. The molecule has 3 heteroatoms. The van der Waals surface area contributed by atoms with Crippen LogP contribution in [0.4, 0.5) is 5.69 Å². The van der Waals surface area contributed by atoms with E-state index in [0.717, 1.165) is 22.4 Å². The number of pyridine rings is 1. The van der Waals surface area contributed by atoms with Crippen molar-refractivity contribution in [2.45, 2.75) is 19.9 Å². The second-order valence-electron chi connectivity index (χ2n) is 5.94. The molecule has 0 aliphatic rings. The average molecular weight is 317 g/mol. The number of carbonyl (C=O) groups excluding carboxylic acids is 1. The zero-order chi connectivity index (χ0) is 16.9. The van der Waals surface area contributed by atoms with Crippen LogP contribution in [0.15, 0.2) is 79.1 Å². The second kappa shape index (κ2) is 7.09. The van der Waals surface area contributed by atoms with E-state index in [4.69, 9.17) is 0 Å². The molecular weight excluding hydrogens is 296 g/mol. The number of aryl methyl sites for hydroxylation is 1. The first-order chi connectivity index (χ1) is 11.6. The van der Waals surface area contributed by atoms with Crippen molar-refractivity contribution in [3.8, 4) is 11.1 Å². The Balaban J connectivity index is 1.79. The van der Waals surface area contributed by atoms with Crippen LogP contribution in [0.25, 0.3) is 11.1 Å². The normalized spacial score (nSPS) is 11.8. The molecule has 2 aromatic carbocycles. The molecule has 3 aromatic rings. The number of nitrogens with one attached hydrogen (secondary N) is 1. The summed E-state index contributed by atoms with van der Waals surface area (Å²) in [5.41, 5.74) is 4.18. The van der Waals surface area contributed by atoms with E-state index >= 15 is 0 Å². The molecule has 0 spiro atoms. The van der Waals surface area contributed by atoms with Gasteiger partial charge in [0.25, 0.3) is 5.91 Å². The minimum atomic E-state index is -0.297. The van der Waals surface area contributed by atoms with Crippen LogP contribution < -0.4 is 9.88 Å². The molecule has 1 aromatic heterocycles. The Bertz CT molecular complexity index is 843. The van der Waals surface area contributed by atoms with Gasteiger partial charge in [0.2, 0.25) is 6.04 Å². The van der Waals surface area contributed by atoms with Crippen LogP contribution in [0.3, 0.4) is 0 Å². The van der Waals surface area contributed by atoms with E-state index in [1.165, 1.54) is 0 Å². The standard InChI is InChI=1S/C21H20N2O/c1-16-8-6-12-20(14-16)22-21(24)17(2)23-13-7-11-19(15-23)18-9-4-3-5-10-18/h3-15,17H,1-2H3/p+1/t17-/m0/s1. The van der Waals surface area contributed by atoms with Gasteiger partial charge in [-0.2, -0.15) is 4.57 Å². The van der Waals surface area contributed by atoms with Crippen LogP contribution in [0.2, 0.25) is 0 Å². The first-order valence-corrected chi connectivity index (χ1v) is 8.07. The van der Waals surface area contributed by atoms with Crippen LogP contribution in [0.5, 0.6) is 0 Å². The summed E-state index contributed by atoms with van der Waals surface area (Å²) in [4.78, 5) is 12.5. The first-order valence-electron chi connectivity index (χ1n) is 8.07. The van der Waals surface area contributed by atoms with Crippen LogP contribution in [0, 0.1) is 6.92 Å². The predicted octanol–water partition coefficient (Wildman–Crippen LogP) is 4.15. The summed E-state index contributed by atoms with van der Waals surface area (Å²) in [6.07, 6.45) is 3.93. The number of aromatic nitrogens is 1. The predicted molar refractivity (Wildman–Crippen MR) is 96.6 cm³/mol. The van der Waals surface area contributed by atoms with Crippen LogP contribution in [0.1, 0.15) is 18.5 Å². The summed E-state index contributed by atoms with van der Waals surface area (Å²) >= 11 is 0. The lowest BCUT2D eigenvalue weighted by Crippen LogP contribution is -2.44. The molecule has 120 valence electrons. The number of anilines is 1. The summed E-state index contributed by atoms with van der Waals surface area (Å²) < 4.78 is 1.94. The first kappa shape index (κ1) is 15.9. The molecule has 0 saturated carbocycles. The highest BCUT2D eigenvalue weighted by atomic mass is 16.2. The van der Waals surface area contributed by atoms with Crippen LogP contribution in [-0.4, -0.2) is 5.91 Å². The minimum absolute atomic E-state index is 0.0317. The molecule has 1 amide bonds. The molecule has 0 aliphatic carbocycles. The van der Waals surface area contributed by atoms with Gasteiger partial charge in [-0.25, -0.2) is 0 Å². The number of nitrogens with zero attached hydrogens (tertiary/aromatic N) is 1. The number of carbonyl (C=O) groups is 1. The highest BCUT2D eigenvalue weighted by molar-refractivity contribution is 5.92. The average Bonchev–Trinajstić information content (AvgIpc) is 2.62. The van der Waals surface area contributed by atoms with Crippen LogP contribution >= 0.6 is 0 Å². The highest BCUT2D eigenvalue weighted by Gasteiger charge is 2.22. The molecule has 3 nitrogen and oxygen atoms in total. The maximum absolute atomic E-state index is 12.5. The largest absolute Gasteiger partial charge is 0.320 e. The lowest BCUT2D eigenvalue weighted by atomic mass is 10.1. The molecule has 1 heterocycles. The van der Waals surface area contributed by atoms with Gasteiger partial charge in [-0.3, -0.25) is 4.79 Å². The monoisotopic (exact) mass is 317 g/mol. The van der Waals surface area contributed by atoms with Gasteiger partial charge in [-0.15, -0.1) is 0 Å². The molecule has 0 aliphatic heterocycles. The second-order valence-corrected chi connectivity index (χ2v) is 5.94. The zero-order valence-electron chi connectivity index (χ0n) is 13.9. The Morgan fingerprint density at radius 2 is 1.71 bits per heavy atom. The van der Waals surface area contributed by atoms with Crippen molar-refractivity contribution in [1.29, 1.82) is 0 Å². The Morgan fingerprint density at radius 3 is 2.46 bits per heavy atom. The highest BCUT2D eigenvalue weighted by Crippen LogP contribution is 2.17. The fourth-order valence-corrected chi connectivity index (χ4v) is 2.64. The Morgan fingerprint density at radius 1 is 0.958 bits per heavy atom. The summed E-state index contributed by atoms with van der Waals surface area (Å²) in [6.45, 7) is 3.91. The molecule has 0 radical (unpaired) electrons. The van der Waals surface area contributed by atoms with E-state index in [0.29, 0.717) is 0 Å². The number of rotatable bonds is 4. The third-order valence-corrected chi connectivity index (χ3v) is 4.04. The topological polar surface area (TPSA) is 33.0 Å². The molecule has 0 bridgehead atoms. The fourth-order valence-electron chi connectivity index (χ4n) is 2.64. The number of hydrogen-bond donors (Lipinski definition) is 1. The van der Waals surface area contributed by atoms with Gasteiger partial charge in [-0.1, -0.05) is 42.5 Å². The smallest absolute Gasteiger partial charge is 0.293 e. The number of amides is 1. The molecule has 1 N–H and O–H groups in total. The molecule has 24 heavy (non-hydrogen) atoms. The van der Waals surface area contributed by atoms with Crippen LogP contribution in [-0.2, 0) is 4.79 Å². The maximum atomic E-state index is 12.5. The van der Waals surface area contributed by atoms with Gasteiger partial charge in [0.1, 0.15) is 0 Å². The molecule has 1 atom stereocenters. The van der Waals surface area contributed by atoms with Gasteiger partial charge in [0.05, 0.1) is 0 Å². The number of hydrogen-bond acceptors (Lipinski definition) is 1. The molecule has 0 saturated heterocycles. The minimum Gasteiger partial charge on any atom is -0.320 e. The molecule has 0 fully saturated rings. The molecule has 0 unspecified atom stereocenters. The van der Waals surface area contributed by atoms with E-state index in [1.54, 1.807) is 0 Å². The summed E-state index contributed by atoms with van der Waals surface area (Å²) in [7, 11) is 0. The van der Waals surface area contributed by atoms with E-state index in [9.17, 15) is 4.79 Å². The zero-order valence-corrected chi connectivity index (χ0v) is 13.9. The van der Waals surface area contributed by atoms with Gasteiger partial charge in [-0.05, 0) is 36.2 Å². The van der Waals surface area contributed by atoms with Crippen molar-refractivity contribution in [3.63, 3.8) is 0 Å². The van der Waals surface area contributed by atoms with Crippen molar-refractivity contribution in [2.24, 2.45) is 0 Å². The SMILES string of the molecule is Cc1cccc(NC(=O)[C@H](C)[n+]2cccc(-c3ccccc3)c2)c1. The number of benzene rings is 2. The Hall–Kier alpha value is -2.94. The van der Waals surface area contributed by atoms with Crippen molar-refractivity contribution in [1.82, 2.24) is 0 Å². The maximum Gasteiger partial charge on any atom is 0.293 e. The lowest BCUT2D eigenvalue weighted by Gasteiger charge is -2.10. The third kappa shape index (κ3) is 3.69. The van der Waals surface area contributed by atoms with E-state index < -0.39 is 0 Å². The van der Waals surface area contributed by atoms with Crippen molar-refractivity contribution in [3.05, 3.63) is 84.7 Å². The van der Waals surface area contributed by atoms with Gasteiger partial charge in [0, 0.05) is 24.2 Å². The quantitative estimate of drug-likeness (QED) is 0.721. The Kier molecular flexibility index (Phi) is 4.71. The van der Waals surface area contributed by atoms with Crippen molar-refractivity contribution < 1.29 is 9.36 Å². The van der Waals surface area contributed by atoms with E-state index in [2.05, 4.69) is 23.5 Å². The lowest BCUT2D eigenvalue weighted by molar-refractivity contribution is -0.705.